The Morgan fingerprint density at radius 1 is 1.14 bits per heavy atom. The molecule has 3 aliphatic heterocycles. The van der Waals surface area contributed by atoms with Gasteiger partial charge in [-0.05, 0) is 17.7 Å². The number of benzene rings is 2. The summed E-state index contributed by atoms with van der Waals surface area (Å²) in [5, 5.41) is 17.8. The molecule has 3 heterocycles. The van der Waals surface area contributed by atoms with Gasteiger partial charge in [-0.15, -0.1) is 0 Å². The van der Waals surface area contributed by atoms with Crippen molar-refractivity contribution in [3.63, 3.8) is 0 Å². The van der Waals surface area contributed by atoms with Crippen LogP contribution < -0.4 is 10.6 Å². The fourth-order valence-corrected chi connectivity index (χ4v) is 3.71. The molecule has 0 spiro atoms. The van der Waals surface area contributed by atoms with Crippen molar-refractivity contribution < 1.29 is 14.5 Å². The van der Waals surface area contributed by atoms with Crippen LogP contribution in [0.25, 0.3) is 0 Å². The largest absolute Gasteiger partial charge is 0.456 e. The third-order valence-electron chi connectivity index (χ3n) is 4.98. The zero-order valence-electron chi connectivity index (χ0n) is 14.5. The molecule has 2 aromatic rings. The SMILES string of the molecule is O=C1OCC2=C1[C@@H](c1cccc([N+](=O)[O-])c1)C1=C(N2)Nc2ccccc2N=C1. The van der Waals surface area contributed by atoms with Gasteiger partial charge in [0.25, 0.3) is 5.69 Å². The second kappa shape index (κ2) is 6.05. The standard InChI is InChI=1S/C20H14N4O4/c25-20-18-16(10-28-20)23-19-13(9-21-14-6-1-2-7-15(14)22-19)17(18)11-4-3-5-12(8-11)24(26)27/h1-9,17,22-23H,10H2/t17-/m0/s1. The Morgan fingerprint density at radius 3 is 2.86 bits per heavy atom. The number of allylic oxidation sites excluding steroid dienone is 1. The smallest absolute Gasteiger partial charge is 0.337 e. The molecule has 138 valence electrons. The van der Waals surface area contributed by atoms with Gasteiger partial charge in [-0.1, -0.05) is 24.3 Å². The number of para-hydroxylation sites is 2. The Labute approximate surface area is 159 Å². The van der Waals surface area contributed by atoms with Gasteiger partial charge in [0.2, 0.25) is 0 Å². The van der Waals surface area contributed by atoms with E-state index in [2.05, 4.69) is 15.6 Å². The van der Waals surface area contributed by atoms with Crippen molar-refractivity contribution in [2.75, 3.05) is 11.9 Å². The average molecular weight is 374 g/mol. The lowest BCUT2D eigenvalue weighted by Gasteiger charge is -2.27. The van der Waals surface area contributed by atoms with Crippen molar-refractivity contribution in [1.29, 1.82) is 0 Å². The highest BCUT2D eigenvalue weighted by Gasteiger charge is 2.40. The second-order valence-electron chi connectivity index (χ2n) is 6.61. The molecule has 8 heteroatoms. The van der Waals surface area contributed by atoms with Crippen LogP contribution in [0.3, 0.4) is 0 Å². The zero-order valence-corrected chi connectivity index (χ0v) is 14.5. The Balaban J connectivity index is 1.68. The predicted molar refractivity (Wildman–Crippen MR) is 102 cm³/mol. The molecule has 1 atom stereocenters. The maximum absolute atomic E-state index is 12.4. The maximum atomic E-state index is 12.4. The van der Waals surface area contributed by atoms with Crippen molar-refractivity contribution in [3.8, 4) is 0 Å². The van der Waals surface area contributed by atoms with E-state index in [-0.39, 0.29) is 12.3 Å². The number of fused-ring (bicyclic) bond motifs is 1. The Morgan fingerprint density at radius 2 is 2.00 bits per heavy atom. The molecule has 0 amide bonds. The first-order valence-corrected chi connectivity index (χ1v) is 8.67. The van der Waals surface area contributed by atoms with Gasteiger partial charge in [-0.3, -0.25) is 15.1 Å². The van der Waals surface area contributed by atoms with Crippen LogP contribution in [0.15, 0.2) is 76.2 Å². The van der Waals surface area contributed by atoms with E-state index in [0.29, 0.717) is 28.2 Å². The number of cyclic esters (lactones) is 1. The molecule has 0 unspecified atom stereocenters. The van der Waals surface area contributed by atoms with Gasteiger partial charge in [-0.2, -0.15) is 0 Å². The minimum atomic E-state index is -0.522. The summed E-state index contributed by atoms with van der Waals surface area (Å²) < 4.78 is 5.23. The first-order valence-electron chi connectivity index (χ1n) is 8.67. The van der Waals surface area contributed by atoms with Crippen molar-refractivity contribution in [2.24, 2.45) is 4.99 Å². The highest BCUT2D eigenvalue weighted by molar-refractivity contribution is 6.00. The summed E-state index contributed by atoms with van der Waals surface area (Å²) in [4.78, 5) is 27.8. The molecule has 0 saturated heterocycles. The van der Waals surface area contributed by atoms with Crippen LogP contribution in [-0.2, 0) is 9.53 Å². The molecule has 8 nitrogen and oxygen atoms in total. The zero-order chi connectivity index (χ0) is 19.3. The number of non-ortho nitro benzene ring substituents is 1. The number of nitro benzene ring substituents is 1. The average Bonchev–Trinajstić information content (AvgIpc) is 2.96. The number of nitrogens with zero attached hydrogens (tertiary/aromatic N) is 2. The molecule has 28 heavy (non-hydrogen) atoms. The minimum absolute atomic E-state index is 0.0338. The number of ether oxygens (including phenoxy) is 1. The highest BCUT2D eigenvalue weighted by atomic mass is 16.6. The molecule has 0 aromatic heterocycles. The van der Waals surface area contributed by atoms with E-state index in [0.717, 1.165) is 11.4 Å². The lowest BCUT2D eigenvalue weighted by Crippen LogP contribution is -2.31. The maximum Gasteiger partial charge on any atom is 0.337 e. The monoisotopic (exact) mass is 374 g/mol. The van der Waals surface area contributed by atoms with E-state index in [9.17, 15) is 14.9 Å². The van der Waals surface area contributed by atoms with Crippen LogP contribution in [0, 0.1) is 10.1 Å². The van der Waals surface area contributed by atoms with Crippen molar-refractivity contribution in [2.45, 2.75) is 5.92 Å². The number of hydrogen-bond donors (Lipinski definition) is 2. The number of carbonyl (C=O) groups excluding carboxylic acids is 1. The molecule has 0 aliphatic carbocycles. The van der Waals surface area contributed by atoms with Gasteiger partial charge in [0.15, 0.2) is 0 Å². The van der Waals surface area contributed by atoms with E-state index >= 15 is 0 Å². The van der Waals surface area contributed by atoms with Gasteiger partial charge in [-0.25, -0.2) is 4.79 Å². The highest BCUT2D eigenvalue weighted by Crippen LogP contribution is 2.42. The quantitative estimate of drug-likeness (QED) is 0.475. The topological polar surface area (TPSA) is 106 Å². The summed E-state index contributed by atoms with van der Waals surface area (Å²) in [6.45, 7) is 0.136. The van der Waals surface area contributed by atoms with Gasteiger partial charge < -0.3 is 15.4 Å². The van der Waals surface area contributed by atoms with Crippen molar-refractivity contribution in [3.05, 3.63) is 86.9 Å². The molecule has 0 bridgehead atoms. The molecule has 0 fully saturated rings. The molecule has 2 N–H and O–H groups in total. The first-order chi connectivity index (χ1) is 13.6. The number of carbonyl (C=O) groups is 1. The number of dihydropyridines is 1. The number of nitro groups is 1. The van der Waals surface area contributed by atoms with E-state index in [4.69, 9.17) is 4.74 Å². The third-order valence-corrected chi connectivity index (χ3v) is 4.98. The van der Waals surface area contributed by atoms with Gasteiger partial charge in [0.05, 0.1) is 27.6 Å². The number of nitrogens with one attached hydrogen (secondary N) is 2. The van der Waals surface area contributed by atoms with Crippen LogP contribution in [0.1, 0.15) is 11.5 Å². The number of esters is 1. The fraction of sp³-hybridized carbons (Fsp3) is 0.100. The summed E-state index contributed by atoms with van der Waals surface area (Å²) in [6.07, 6.45) is 1.69. The van der Waals surface area contributed by atoms with Crippen LogP contribution >= 0.6 is 0 Å². The summed E-state index contributed by atoms with van der Waals surface area (Å²) in [6, 6.07) is 13.9. The Bertz CT molecular complexity index is 1130. The van der Waals surface area contributed by atoms with E-state index in [1.165, 1.54) is 12.1 Å². The van der Waals surface area contributed by atoms with E-state index in [1.807, 2.05) is 24.3 Å². The van der Waals surface area contributed by atoms with Crippen LogP contribution in [-0.4, -0.2) is 23.7 Å². The van der Waals surface area contributed by atoms with Gasteiger partial charge >= 0.3 is 5.97 Å². The van der Waals surface area contributed by atoms with Crippen LogP contribution in [0.4, 0.5) is 17.1 Å². The molecular formula is C20H14N4O4. The second-order valence-corrected chi connectivity index (χ2v) is 6.61. The Kier molecular flexibility index (Phi) is 3.51. The van der Waals surface area contributed by atoms with Crippen molar-refractivity contribution >= 4 is 29.2 Å². The number of aliphatic imine (C=N–C) groups is 1. The molecule has 2 aromatic carbocycles. The summed E-state index contributed by atoms with van der Waals surface area (Å²) in [5.41, 5.74) is 4.01. The van der Waals surface area contributed by atoms with Gasteiger partial charge in [0.1, 0.15) is 12.4 Å². The molecule has 0 radical (unpaired) electrons. The molecule has 5 rings (SSSR count). The molecule has 0 saturated carbocycles. The lowest BCUT2D eigenvalue weighted by atomic mass is 9.82. The predicted octanol–water partition coefficient (Wildman–Crippen LogP) is 3.13. The summed E-state index contributed by atoms with van der Waals surface area (Å²) in [7, 11) is 0. The molecular weight excluding hydrogens is 360 g/mol. The van der Waals surface area contributed by atoms with E-state index < -0.39 is 16.8 Å². The van der Waals surface area contributed by atoms with Gasteiger partial charge in [0, 0.05) is 29.8 Å². The fourth-order valence-electron chi connectivity index (χ4n) is 3.71. The van der Waals surface area contributed by atoms with Crippen LogP contribution in [0.2, 0.25) is 0 Å². The summed E-state index contributed by atoms with van der Waals surface area (Å²) in [5.74, 6) is -0.269. The number of hydrogen-bond acceptors (Lipinski definition) is 7. The first kappa shape index (κ1) is 16.2. The minimum Gasteiger partial charge on any atom is -0.456 e. The van der Waals surface area contributed by atoms with Crippen LogP contribution in [0.5, 0.6) is 0 Å². The third kappa shape index (κ3) is 2.46. The number of rotatable bonds is 2. The number of anilines is 1. The van der Waals surface area contributed by atoms with Crippen molar-refractivity contribution in [1.82, 2.24) is 5.32 Å². The lowest BCUT2D eigenvalue weighted by molar-refractivity contribution is -0.384. The molecule has 3 aliphatic rings. The Hall–Kier alpha value is -3.94. The van der Waals surface area contributed by atoms with E-state index in [1.54, 1.807) is 18.3 Å². The summed E-state index contributed by atoms with van der Waals surface area (Å²) >= 11 is 0. The normalized spacial score (nSPS) is 19.7.